The molecule has 1 unspecified atom stereocenters. The topological polar surface area (TPSA) is 15.3 Å². The van der Waals surface area contributed by atoms with Gasteiger partial charge in [0, 0.05) is 24.3 Å². The highest BCUT2D eigenvalue weighted by atomic mass is 15.2. The zero-order valence-corrected chi connectivity index (χ0v) is 10.7. The van der Waals surface area contributed by atoms with E-state index in [9.17, 15) is 0 Å². The predicted molar refractivity (Wildman–Crippen MR) is 72.4 cm³/mol. The lowest BCUT2D eigenvalue weighted by atomic mass is 10.1. The second-order valence-electron chi connectivity index (χ2n) is 5.43. The van der Waals surface area contributed by atoms with Crippen molar-refractivity contribution in [3.05, 3.63) is 29.8 Å². The van der Waals surface area contributed by atoms with Crippen LogP contribution in [0.15, 0.2) is 24.3 Å². The van der Waals surface area contributed by atoms with Gasteiger partial charge in [-0.15, -0.1) is 0 Å². The molecule has 0 radical (unpaired) electrons. The fourth-order valence-corrected chi connectivity index (χ4v) is 2.92. The minimum Gasteiger partial charge on any atom is -0.380 e. The Hall–Kier alpha value is -1.02. The molecule has 1 aliphatic carbocycles. The molecule has 17 heavy (non-hydrogen) atoms. The fraction of sp³-hybridized carbons (Fsp3) is 0.600. The zero-order valence-electron chi connectivity index (χ0n) is 10.7. The van der Waals surface area contributed by atoms with E-state index in [1.54, 1.807) is 0 Å². The van der Waals surface area contributed by atoms with Crippen LogP contribution in [0.5, 0.6) is 0 Å². The second-order valence-corrected chi connectivity index (χ2v) is 5.43. The average molecular weight is 230 g/mol. The highest BCUT2D eigenvalue weighted by Gasteiger charge is 2.31. The average Bonchev–Trinajstić information content (AvgIpc) is 3.09. The summed E-state index contributed by atoms with van der Waals surface area (Å²) < 4.78 is 0. The van der Waals surface area contributed by atoms with Crippen molar-refractivity contribution >= 4 is 5.69 Å². The first kappa shape index (κ1) is 11.1. The summed E-state index contributed by atoms with van der Waals surface area (Å²) in [5, 5.41) is 3.66. The Balaban J connectivity index is 1.60. The molecule has 2 aliphatic rings. The summed E-state index contributed by atoms with van der Waals surface area (Å²) in [5.41, 5.74) is 2.84. The van der Waals surface area contributed by atoms with E-state index in [4.69, 9.17) is 0 Å². The van der Waals surface area contributed by atoms with Gasteiger partial charge in [0.2, 0.25) is 0 Å². The quantitative estimate of drug-likeness (QED) is 0.836. The highest BCUT2D eigenvalue weighted by Crippen LogP contribution is 2.30. The zero-order chi connectivity index (χ0) is 11.7. The maximum absolute atomic E-state index is 3.66. The Bertz CT molecular complexity index is 359. The molecular formula is C15H22N2. The lowest BCUT2D eigenvalue weighted by Crippen LogP contribution is -2.37. The summed E-state index contributed by atoms with van der Waals surface area (Å²) in [6, 6.07) is 10.2. The summed E-state index contributed by atoms with van der Waals surface area (Å²) in [6.45, 7) is 4.76. The molecule has 92 valence electrons. The minimum atomic E-state index is 0.625. The van der Waals surface area contributed by atoms with E-state index >= 15 is 0 Å². The van der Waals surface area contributed by atoms with E-state index in [1.165, 1.54) is 50.0 Å². The third kappa shape index (κ3) is 2.47. The number of rotatable bonds is 5. The van der Waals surface area contributed by atoms with Gasteiger partial charge in [-0.3, -0.25) is 4.90 Å². The van der Waals surface area contributed by atoms with E-state index in [2.05, 4.69) is 41.4 Å². The van der Waals surface area contributed by atoms with Gasteiger partial charge in [-0.05, 0) is 43.9 Å². The van der Waals surface area contributed by atoms with Crippen LogP contribution in [-0.2, 0) is 6.42 Å². The van der Waals surface area contributed by atoms with Gasteiger partial charge < -0.3 is 5.32 Å². The maximum Gasteiger partial charge on any atom is 0.0429 e. The Morgan fingerprint density at radius 2 is 2.12 bits per heavy atom. The van der Waals surface area contributed by atoms with Crippen molar-refractivity contribution in [2.75, 3.05) is 18.4 Å². The molecule has 1 saturated carbocycles. The van der Waals surface area contributed by atoms with Gasteiger partial charge in [0.05, 0.1) is 0 Å². The van der Waals surface area contributed by atoms with Gasteiger partial charge in [0.15, 0.2) is 0 Å². The van der Waals surface area contributed by atoms with Gasteiger partial charge in [0.1, 0.15) is 0 Å². The first-order valence-corrected chi connectivity index (χ1v) is 6.95. The molecule has 0 aromatic heterocycles. The molecule has 1 heterocycles. The molecule has 0 saturated heterocycles. The molecule has 0 spiro atoms. The number of nitrogens with one attached hydrogen (secondary N) is 1. The normalized spacial score (nSPS) is 22.6. The maximum atomic E-state index is 3.66. The summed E-state index contributed by atoms with van der Waals surface area (Å²) in [4.78, 5) is 2.68. The number of hydrogen-bond acceptors (Lipinski definition) is 2. The van der Waals surface area contributed by atoms with Crippen LogP contribution in [-0.4, -0.2) is 30.1 Å². The van der Waals surface area contributed by atoms with E-state index in [1.807, 2.05) is 0 Å². The Kier molecular flexibility index (Phi) is 3.06. The van der Waals surface area contributed by atoms with Gasteiger partial charge in [-0.1, -0.05) is 25.1 Å². The summed E-state index contributed by atoms with van der Waals surface area (Å²) in [6.07, 6.45) is 5.30. The molecule has 0 bridgehead atoms. The summed E-state index contributed by atoms with van der Waals surface area (Å²) >= 11 is 0. The Morgan fingerprint density at radius 1 is 1.29 bits per heavy atom. The van der Waals surface area contributed by atoms with Gasteiger partial charge >= 0.3 is 0 Å². The third-order valence-electron chi connectivity index (χ3n) is 3.87. The van der Waals surface area contributed by atoms with Gasteiger partial charge in [-0.25, -0.2) is 0 Å². The van der Waals surface area contributed by atoms with Gasteiger partial charge in [-0.2, -0.15) is 0 Å². The number of para-hydroxylation sites is 1. The molecular weight excluding hydrogens is 208 g/mol. The Labute approximate surface area is 104 Å². The molecule has 1 atom stereocenters. The molecule has 1 aromatic carbocycles. The fourth-order valence-electron chi connectivity index (χ4n) is 2.92. The predicted octanol–water partition coefficient (Wildman–Crippen LogP) is 2.90. The minimum absolute atomic E-state index is 0.625. The second kappa shape index (κ2) is 4.69. The van der Waals surface area contributed by atoms with Crippen LogP contribution in [0.2, 0.25) is 0 Å². The van der Waals surface area contributed by atoms with Crippen molar-refractivity contribution in [2.24, 2.45) is 0 Å². The lowest BCUT2D eigenvalue weighted by Gasteiger charge is -2.25. The van der Waals surface area contributed by atoms with Crippen LogP contribution in [0.3, 0.4) is 0 Å². The van der Waals surface area contributed by atoms with Crippen LogP contribution >= 0.6 is 0 Å². The molecule has 1 fully saturated rings. The van der Waals surface area contributed by atoms with Crippen molar-refractivity contribution in [1.82, 2.24) is 4.90 Å². The number of benzene rings is 1. The highest BCUT2D eigenvalue weighted by molar-refractivity contribution is 5.56. The van der Waals surface area contributed by atoms with Crippen LogP contribution in [0.4, 0.5) is 5.69 Å². The van der Waals surface area contributed by atoms with E-state index in [0.717, 1.165) is 6.04 Å². The summed E-state index contributed by atoms with van der Waals surface area (Å²) in [7, 11) is 0. The lowest BCUT2D eigenvalue weighted by molar-refractivity contribution is 0.253. The largest absolute Gasteiger partial charge is 0.380 e. The molecule has 2 heteroatoms. The van der Waals surface area contributed by atoms with Crippen LogP contribution < -0.4 is 5.32 Å². The monoisotopic (exact) mass is 230 g/mol. The number of fused-ring (bicyclic) bond motifs is 1. The molecule has 1 aromatic rings. The van der Waals surface area contributed by atoms with Crippen molar-refractivity contribution in [3.8, 4) is 0 Å². The van der Waals surface area contributed by atoms with Gasteiger partial charge in [0.25, 0.3) is 0 Å². The van der Waals surface area contributed by atoms with Crippen molar-refractivity contribution in [2.45, 2.75) is 44.7 Å². The van der Waals surface area contributed by atoms with E-state index in [0.29, 0.717) is 6.04 Å². The summed E-state index contributed by atoms with van der Waals surface area (Å²) in [5.74, 6) is 0. The van der Waals surface area contributed by atoms with Crippen molar-refractivity contribution in [3.63, 3.8) is 0 Å². The van der Waals surface area contributed by atoms with E-state index in [-0.39, 0.29) is 0 Å². The molecule has 2 nitrogen and oxygen atoms in total. The number of nitrogens with zero attached hydrogens (tertiary/aromatic N) is 1. The van der Waals surface area contributed by atoms with Crippen LogP contribution in [0, 0.1) is 0 Å². The van der Waals surface area contributed by atoms with Crippen molar-refractivity contribution in [1.29, 1.82) is 0 Å². The molecule has 3 rings (SSSR count). The molecule has 0 amide bonds. The Morgan fingerprint density at radius 3 is 2.82 bits per heavy atom. The number of hydrogen-bond donors (Lipinski definition) is 1. The first-order chi connectivity index (χ1) is 8.36. The standard InChI is InChI=1S/C15H22N2/c1-2-9-17(14-7-8-14)11-13-10-12-5-3-4-6-15(12)16-13/h3-6,13-14,16H,2,7-11H2,1H3. The molecule has 1 N–H and O–H groups in total. The van der Waals surface area contributed by atoms with Crippen LogP contribution in [0.25, 0.3) is 0 Å². The smallest absolute Gasteiger partial charge is 0.0429 e. The van der Waals surface area contributed by atoms with Crippen molar-refractivity contribution < 1.29 is 0 Å². The van der Waals surface area contributed by atoms with E-state index < -0.39 is 0 Å². The van der Waals surface area contributed by atoms with Crippen LogP contribution in [0.1, 0.15) is 31.7 Å². The third-order valence-corrected chi connectivity index (χ3v) is 3.87. The molecule has 1 aliphatic heterocycles. The number of anilines is 1. The first-order valence-electron chi connectivity index (χ1n) is 6.95. The SMILES string of the molecule is CCCN(CC1Cc2ccccc2N1)C1CC1.